The normalized spacial score (nSPS) is 11.5. The largest absolute Gasteiger partial charge is 0.437 e. The maximum Gasteiger partial charge on any atom is 0.222 e. The van der Waals surface area contributed by atoms with Crippen molar-refractivity contribution in [3.8, 4) is 11.6 Å². The first kappa shape index (κ1) is 15.7. The van der Waals surface area contributed by atoms with Gasteiger partial charge in [-0.1, -0.05) is 11.6 Å². The molecule has 0 radical (unpaired) electrons. The Labute approximate surface area is 130 Å². The van der Waals surface area contributed by atoms with Crippen LogP contribution in [0.2, 0.25) is 5.02 Å². The summed E-state index contributed by atoms with van der Waals surface area (Å²) in [5, 5.41) is 3.97. The zero-order chi connectivity index (χ0) is 15.5. The standard InChI is InChI=1S/C16H20ClN3O/c1-11-5-12(8-20-16(2,3)4)7-19-15(11)21-14-6-13(17)9-18-10-14/h5-7,9-10,20H,8H2,1-4H3. The summed E-state index contributed by atoms with van der Waals surface area (Å²) in [5.41, 5.74) is 2.18. The molecule has 2 rings (SSSR count). The molecule has 0 unspecified atom stereocenters. The molecule has 0 fully saturated rings. The van der Waals surface area contributed by atoms with Gasteiger partial charge < -0.3 is 10.1 Å². The van der Waals surface area contributed by atoms with E-state index in [-0.39, 0.29) is 5.54 Å². The second-order valence-corrected chi connectivity index (χ2v) is 6.45. The Morgan fingerprint density at radius 2 is 1.95 bits per heavy atom. The minimum absolute atomic E-state index is 0.0789. The second kappa shape index (κ2) is 6.41. The number of hydrogen-bond donors (Lipinski definition) is 1. The van der Waals surface area contributed by atoms with Crippen LogP contribution in [0.1, 0.15) is 31.9 Å². The van der Waals surface area contributed by atoms with E-state index in [1.165, 1.54) is 0 Å². The van der Waals surface area contributed by atoms with E-state index in [2.05, 4.69) is 42.1 Å². The third-order valence-electron chi connectivity index (χ3n) is 2.80. The molecule has 2 aromatic heterocycles. The molecule has 2 heterocycles. The Kier molecular flexibility index (Phi) is 4.80. The highest BCUT2D eigenvalue weighted by molar-refractivity contribution is 6.30. The van der Waals surface area contributed by atoms with Crippen LogP contribution < -0.4 is 10.1 Å². The lowest BCUT2D eigenvalue weighted by molar-refractivity contribution is 0.422. The fourth-order valence-corrected chi connectivity index (χ4v) is 1.91. The summed E-state index contributed by atoms with van der Waals surface area (Å²) < 4.78 is 5.71. The van der Waals surface area contributed by atoms with Crippen LogP contribution in [0.4, 0.5) is 0 Å². The fraction of sp³-hybridized carbons (Fsp3) is 0.375. The number of halogens is 1. The number of aryl methyl sites for hydroxylation is 1. The average Bonchev–Trinajstić information content (AvgIpc) is 2.38. The summed E-state index contributed by atoms with van der Waals surface area (Å²) >= 11 is 5.89. The Hall–Kier alpha value is -1.65. The van der Waals surface area contributed by atoms with Crippen molar-refractivity contribution in [3.05, 3.63) is 46.9 Å². The topological polar surface area (TPSA) is 47.0 Å². The molecule has 0 aliphatic rings. The predicted octanol–water partition coefficient (Wildman–Crippen LogP) is 4.12. The van der Waals surface area contributed by atoms with E-state index >= 15 is 0 Å². The smallest absolute Gasteiger partial charge is 0.222 e. The maximum absolute atomic E-state index is 5.89. The van der Waals surface area contributed by atoms with Crippen LogP contribution in [0.5, 0.6) is 11.6 Å². The summed E-state index contributed by atoms with van der Waals surface area (Å²) in [6.45, 7) is 9.15. The molecule has 0 atom stereocenters. The number of pyridine rings is 2. The van der Waals surface area contributed by atoms with Crippen molar-refractivity contribution in [2.45, 2.75) is 39.8 Å². The van der Waals surface area contributed by atoms with Gasteiger partial charge in [-0.25, -0.2) is 4.98 Å². The third-order valence-corrected chi connectivity index (χ3v) is 3.01. The van der Waals surface area contributed by atoms with Crippen LogP contribution in [0, 0.1) is 6.92 Å². The van der Waals surface area contributed by atoms with E-state index in [9.17, 15) is 0 Å². The van der Waals surface area contributed by atoms with E-state index in [0.717, 1.165) is 17.7 Å². The van der Waals surface area contributed by atoms with Crippen LogP contribution >= 0.6 is 11.6 Å². The van der Waals surface area contributed by atoms with E-state index in [0.29, 0.717) is 16.7 Å². The minimum Gasteiger partial charge on any atom is -0.437 e. The van der Waals surface area contributed by atoms with Gasteiger partial charge in [-0.3, -0.25) is 4.98 Å². The quantitative estimate of drug-likeness (QED) is 0.923. The summed E-state index contributed by atoms with van der Waals surface area (Å²) in [6.07, 6.45) is 5.00. The third kappa shape index (κ3) is 4.99. The van der Waals surface area contributed by atoms with Gasteiger partial charge in [0.2, 0.25) is 5.88 Å². The van der Waals surface area contributed by atoms with Crippen molar-refractivity contribution in [1.29, 1.82) is 0 Å². The van der Waals surface area contributed by atoms with Gasteiger partial charge in [0.1, 0.15) is 5.75 Å². The molecule has 1 N–H and O–H groups in total. The Morgan fingerprint density at radius 1 is 1.19 bits per heavy atom. The van der Waals surface area contributed by atoms with E-state index in [1.807, 2.05) is 13.1 Å². The van der Waals surface area contributed by atoms with Crippen LogP contribution in [0.3, 0.4) is 0 Å². The summed E-state index contributed by atoms with van der Waals surface area (Å²) in [7, 11) is 0. The lowest BCUT2D eigenvalue weighted by Gasteiger charge is -2.20. The molecule has 112 valence electrons. The second-order valence-electron chi connectivity index (χ2n) is 6.01. The van der Waals surface area contributed by atoms with Gasteiger partial charge in [-0.15, -0.1) is 0 Å². The predicted molar refractivity (Wildman–Crippen MR) is 84.9 cm³/mol. The van der Waals surface area contributed by atoms with Gasteiger partial charge in [0.05, 0.1) is 11.2 Å². The molecule has 0 aliphatic heterocycles. The molecule has 5 heteroatoms. The van der Waals surface area contributed by atoms with Crippen molar-refractivity contribution >= 4 is 11.6 Å². The number of nitrogens with zero attached hydrogens (tertiary/aromatic N) is 2. The number of aromatic nitrogens is 2. The van der Waals surface area contributed by atoms with Gasteiger partial charge in [-0.05, 0) is 39.3 Å². The number of nitrogens with one attached hydrogen (secondary N) is 1. The zero-order valence-corrected chi connectivity index (χ0v) is 13.5. The number of rotatable bonds is 4. The van der Waals surface area contributed by atoms with E-state index in [1.54, 1.807) is 18.5 Å². The molecule has 4 nitrogen and oxygen atoms in total. The van der Waals surface area contributed by atoms with Crippen molar-refractivity contribution in [3.63, 3.8) is 0 Å². The first-order valence-corrected chi connectivity index (χ1v) is 7.20. The summed E-state index contributed by atoms with van der Waals surface area (Å²) in [6, 6.07) is 3.78. The van der Waals surface area contributed by atoms with Gasteiger partial charge in [0.25, 0.3) is 0 Å². The number of hydrogen-bond acceptors (Lipinski definition) is 4. The monoisotopic (exact) mass is 305 g/mol. The van der Waals surface area contributed by atoms with Gasteiger partial charge in [-0.2, -0.15) is 0 Å². The molecule has 0 bridgehead atoms. The summed E-state index contributed by atoms with van der Waals surface area (Å²) in [4.78, 5) is 8.36. The van der Waals surface area contributed by atoms with Crippen molar-refractivity contribution < 1.29 is 4.74 Å². The molecule has 0 aromatic carbocycles. The van der Waals surface area contributed by atoms with Gasteiger partial charge in [0, 0.05) is 36.1 Å². The van der Waals surface area contributed by atoms with Crippen molar-refractivity contribution in [2.24, 2.45) is 0 Å². The van der Waals surface area contributed by atoms with E-state index in [4.69, 9.17) is 16.3 Å². The van der Waals surface area contributed by atoms with Crippen molar-refractivity contribution in [2.75, 3.05) is 0 Å². The highest BCUT2D eigenvalue weighted by Crippen LogP contribution is 2.24. The highest BCUT2D eigenvalue weighted by Gasteiger charge is 2.10. The minimum atomic E-state index is 0.0789. The van der Waals surface area contributed by atoms with E-state index < -0.39 is 0 Å². The maximum atomic E-state index is 5.89. The van der Waals surface area contributed by atoms with Gasteiger partial charge in [0.15, 0.2) is 0 Å². The molecular formula is C16H20ClN3O. The average molecular weight is 306 g/mol. The Bertz CT molecular complexity index is 623. The first-order chi connectivity index (χ1) is 9.83. The van der Waals surface area contributed by atoms with Crippen LogP contribution in [0.15, 0.2) is 30.7 Å². The molecule has 0 saturated carbocycles. The van der Waals surface area contributed by atoms with Crippen molar-refractivity contribution in [1.82, 2.24) is 15.3 Å². The number of ether oxygens (including phenoxy) is 1. The Morgan fingerprint density at radius 3 is 2.57 bits per heavy atom. The molecular weight excluding hydrogens is 286 g/mol. The lowest BCUT2D eigenvalue weighted by atomic mass is 10.1. The van der Waals surface area contributed by atoms with Crippen LogP contribution in [-0.2, 0) is 6.54 Å². The molecule has 0 amide bonds. The highest BCUT2D eigenvalue weighted by atomic mass is 35.5. The van der Waals surface area contributed by atoms with Crippen LogP contribution in [0.25, 0.3) is 0 Å². The first-order valence-electron chi connectivity index (χ1n) is 6.82. The Balaban J connectivity index is 2.09. The molecule has 0 saturated heterocycles. The summed E-state index contributed by atoms with van der Waals surface area (Å²) in [5.74, 6) is 1.15. The molecule has 21 heavy (non-hydrogen) atoms. The van der Waals surface area contributed by atoms with Gasteiger partial charge >= 0.3 is 0 Å². The SMILES string of the molecule is Cc1cc(CNC(C)(C)C)cnc1Oc1cncc(Cl)c1. The molecule has 0 spiro atoms. The zero-order valence-electron chi connectivity index (χ0n) is 12.8. The van der Waals surface area contributed by atoms with Crippen LogP contribution in [-0.4, -0.2) is 15.5 Å². The lowest BCUT2D eigenvalue weighted by Crippen LogP contribution is -2.35. The molecule has 2 aromatic rings. The fourth-order valence-electron chi connectivity index (χ4n) is 1.75. The molecule has 0 aliphatic carbocycles.